The zero-order chi connectivity index (χ0) is 22.8. The van der Waals surface area contributed by atoms with E-state index >= 15 is 0 Å². The second-order valence-electron chi connectivity index (χ2n) is 7.48. The molecule has 1 amide bonds. The summed E-state index contributed by atoms with van der Waals surface area (Å²) in [6, 6.07) is 23.9. The number of carbonyl (C=O) groups excluding carboxylic acids is 1. The second-order valence-corrected chi connectivity index (χ2v) is 7.86. The molecule has 3 aromatic carbocycles. The number of nitrogens with zero attached hydrogens (tertiary/aromatic N) is 3. The topological polar surface area (TPSA) is 84.7 Å². The van der Waals surface area contributed by atoms with Gasteiger partial charge in [0.1, 0.15) is 0 Å². The van der Waals surface area contributed by atoms with Gasteiger partial charge in [-0.2, -0.15) is 5.10 Å². The normalized spacial score (nSPS) is 10.9. The highest BCUT2D eigenvalue weighted by atomic mass is 32.1. The Morgan fingerprint density at radius 2 is 1.67 bits per heavy atom. The summed E-state index contributed by atoms with van der Waals surface area (Å²) in [4.78, 5) is 28.8. The van der Waals surface area contributed by atoms with Crippen molar-refractivity contribution in [2.24, 2.45) is 0 Å². The number of para-hydroxylation sites is 2. The van der Waals surface area contributed by atoms with Crippen molar-refractivity contribution < 1.29 is 4.79 Å². The Balaban J connectivity index is 1.37. The molecular weight excluding hydrogens is 434 g/mol. The molecule has 8 heteroatoms. The summed E-state index contributed by atoms with van der Waals surface area (Å²) in [7, 11) is 0. The molecule has 0 atom stereocenters. The molecule has 162 valence electrons. The predicted molar refractivity (Wildman–Crippen MR) is 129 cm³/mol. The maximum Gasteiger partial charge on any atom is 0.266 e. The molecule has 2 aromatic heterocycles. The minimum absolute atomic E-state index is 0.236. The lowest BCUT2D eigenvalue weighted by Gasteiger charge is -2.09. The van der Waals surface area contributed by atoms with Gasteiger partial charge in [-0.1, -0.05) is 36.4 Å². The van der Waals surface area contributed by atoms with E-state index in [0.29, 0.717) is 28.7 Å². The fraction of sp³-hybridized carbons (Fsp3) is 0.0400. The van der Waals surface area contributed by atoms with Gasteiger partial charge in [0.2, 0.25) is 0 Å². The van der Waals surface area contributed by atoms with Crippen LogP contribution in [0.5, 0.6) is 0 Å². The maximum absolute atomic E-state index is 13.0. The van der Waals surface area contributed by atoms with Crippen molar-refractivity contribution in [1.29, 1.82) is 0 Å². The van der Waals surface area contributed by atoms with Gasteiger partial charge < -0.3 is 10.3 Å². The third-order valence-electron chi connectivity index (χ3n) is 5.28. The summed E-state index contributed by atoms with van der Waals surface area (Å²) in [6.07, 6.45) is 3.59. The summed E-state index contributed by atoms with van der Waals surface area (Å²) in [6.45, 7) is 0.329. The summed E-state index contributed by atoms with van der Waals surface area (Å²) < 4.78 is 3.47. The van der Waals surface area contributed by atoms with E-state index in [1.165, 1.54) is 4.57 Å². The molecule has 0 aliphatic heterocycles. The third-order valence-corrected chi connectivity index (χ3v) is 5.57. The van der Waals surface area contributed by atoms with Crippen LogP contribution in [0.4, 0.5) is 0 Å². The zero-order valence-corrected chi connectivity index (χ0v) is 18.3. The Bertz CT molecular complexity index is 1570. The van der Waals surface area contributed by atoms with Crippen LogP contribution in [0.1, 0.15) is 15.9 Å². The molecule has 2 N–H and O–H groups in total. The van der Waals surface area contributed by atoms with E-state index in [2.05, 4.69) is 15.4 Å². The molecule has 2 heterocycles. The van der Waals surface area contributed by atoms with Crippen LogP contribution in [0.3, 0.4) is 0 Å². The summed E-state index contributed by atoms with van der Waals surface area (Å²) in [5, 5.41) is 7.69. The minimum atomic E-state index is -0.254. The van der Waals surface area contributed by atoms with Crippen LogP contribution in [0, 0.1) is 4.77 Å². The van der Waals surface area contributed by atoms with Crippen molar-refractivity contribution in [2.45, 2.75) is 6.54 Å². The molecule has 0 aliphatic carbocycles. The Morgan fingerprint density at radius 1 is 0.970 bits per heavy atom. The third kappa shape index (κ3) is 4.11. The summed E-state index contributed by atoms with van der Waals surface area (Å²) >= 11 is 5.41. The van der Waals surface area contributed by atoms with Crippen molar-refractivity contribution >= 4 is 29.0 Å². The van der Waals surface area contributed by atoms with Crippen LogP contribution in [0.2, 0.25) is 0 Å². The van der Waals surface area contributed by atoms with Gasteiger partial charge in [0.25, 0.3) is 11.5 Å². The smallest absolute Gasteiger partial charge is 0.266 e. The first-order chi connectivity index (χ1) is 16.1. The van der Waals surface area contributed by atoms with Crippen LogP contribution in [-0.2, 0) is 6.54 Å². The minimum Gasteiger partial charge on any atom is -0.348 e. The Morgan fingerprint density at radius 3 is 2.39 bits per heavy atom. The Kier molecular flexibility index (Phi) is 5.42. The fourth-order valence-electron chi connectivity index (χ4n) is 3.63. The number of amides is 1. The lowest BCUT2D eigenvalue weighted by molar-refractivity contribution is 0.0951. The standard InChI is InChI=1S/C25H19N5O2S/c31-23(26-14-17-15-27-29(16-17)19-7-3-1-4-8-19)18-11-12-21-22(13-18)28-25(33)30(24(21)32)20-9-5-2-6-10-20/h1-13,15-16H,14H2,(H,26,31)(H,28,33). The molecule has 0 aliphatic rings. The number of benzene rings is 3. The van der Waals surface area contributed by atoms with Crippen LogP contribution in [0.25, 0.3) is 22.3 Å². The molecule has 0 saturated heterocycles. The molecule has 0 spiro atoms. The van der Waals surface area contributed by atoms with Gasteiger partial charge in [-0.15, -0.1) is 0 Å². The van der Waals surface area contributed by atoms with Gasteiger partial charge in [-0.05, 0) is 54.7 Å². The van der Waals surface area contributed by atoms with Gasteiger partial charge >= 0.3 is 0 Å². The highest BCUT2D eigenvalue weighted by Crippen LogP contribution is 2.14. The molecular formula is C25H19N5O2S. The van der Waals surface area contributed by atoms with Crippen LogP contribution in [0.15, 0.2) is 96.1 Å². The van der Waals surface area contributed by atoms with E-state index in [0.717, 1.165) is 11.3 Å². The van der Waals surface area contributed by atoms with E-state index in [-0.39, 0.29) is 16.2 Å². The largest absolute Gasteiger partial charge is 0.348 e. The predicted octanol–water partition coefficient (Wildman–Crippen LogP) is 4.16. The molecule has 0 bridgehead atoms. The Hall–Kier alpha value is -4.30. The number of nitrogens with one attached hydrogen (secondary N) is 2. The maximum atomic E-state index is 13.0. The first-order valence-electron chi connectivity index (χ1n) is 10.3. The molecule has 0 saturated carbocycles. The van der Waals surface area contributed by atoms with Gasteiger partial charge in [0.15, 0.2) is 4.77 Å². The Labute approximate surface area is 194 Å². The summed E-state index contributed by atoms with van der Waals surface area (Å²) in [5.74, 6) is -0.254. The average molecular weight is 454 g/mol. The lowest BCUT2D eigenvalue weighted by Crippen LogP contribution is -2.23. The second kappa shape index (κ2) is 8.68. The van der Waals surface area contributed by atoms with Crippen LogP contribution >= 0.6 is 12.2 Å². The molecule has 0 unspecified atom stereocenters. The highest BCUT2D eigenvalue weighted by molar-refractivity contribution is 7.71. The molecule has 7 nitrogen and oxygen atoms in total. The fourth-order valence-corrected chi connectivity index (χ4v) is 3.93. The van der Waals surface area contributed by atoms with E-state index in [4.69, 9.17) is 12.2 Å². The van der Waals surface area contributed by atoms with Crippen molar-refractivity contribution in [3.63, 3.8) is 0 Å². The summed E-state index contributed by atoms with van der Waals surface area (Å²) in [5.41, 5.74) is 3.21. The number of hydrogen-bond donors (Lipinski definition) is 2. The quantitative estimate of drug-likeness (QED) is 0.391. The first-order valence-corrected chi connectivity index (χ1v) is 10.7. The lowest BCUT2D eigenvalue weighted by atomic mass is 10.1. The van der Waals surface area contributed by atoms with Gasteiger partial charge in [0.05, 0.1) is 28.5 Å². The number of rotatable bonds is 5. The highest BCUT2D eigenvalue weighted by Gasteiger charge is 2.12. The van der Waals surface area contributed by atoms with Crippen molar-refractivity contribution in [2.75, 3.05) is 0 Å². The first kappa shape index (κ1) is 20.6. The van der Waals surface area contributed by atoms with Crippen LogP contribution < -0.4 is 10.9 Å². The number of aromatic nitrogens is 4. The van der Waals surface area contributed by atoms with Gasteiger partial charge in [-0.25, -0.2) is 4.68 Å². The molecule has 5 aromatic rings. The number of hydrogen-bond acceptors (Lipinski definition) is 4. The molecule has 0 fully saturated rings. The molecule has 0 radical (unpaired) electrons. The SMILES string of the molecule is O=C(NCc1cnn(-c2ccccc2)c1)c1ccc2c(=O)n(-c3ccccc3)c(=S)[nH]c2c1. The van der Waals surface area contributed by atoms with Crippen molar-refractivity contribution in [3.05, 3.63) is 118 Å². The van der Waals surface area contributed by atoms with E-state index in [1.54, 1.807) is 29.1 Å². The monoisotopic (exact) mass is 453 g/mol. The van der Waals surface area contributed by atoms with E-state index in [1.807, 2.05) is 66.9 Å². The average Bonchev–Trinajstić information content (AvgIpc) is 3.32. The molecule has 33 heavy (non-hydrogen) atoms. The van der Waals surface area contributed by atoms with E-state index in [9.17, 15) is 9.59 Å². The number of H-pyrrole nitrogens is 1. The molecule has 5 rings (SSSR count). The zero-order valence-electron chi connectivity index (χ0n) is 17.4. The van der Waals surface area contributed by atoms with Crippen molar-refractivity contribution in [3.8, 4) is 11.4 Å². The van der Waals surface area contributed by atoms with E-state index < -0.39 is 0 Å². The number of carbonyl (C=O) groups is 1. The number of aromatic amines is 1. The van der Waals surface area contributed by atoms with Gasteiger partial charge in [-0.3, -0.25) is 14.2 Å². The van der Waals surface area contributed by atoms with Crippen molar-refractivity contribution in [1.82, 2.24) is 24.6 Å². The van der Waals surface area contributed by atoms with Gasteiger partial charge in [0, 0.05) is 23.9 Å². The number of fused-ring (bicyclic) bond motifs is 1. The van der Waals surface area contributed by atoms with Crippen LogP contribution in [-0.4, -0.2) is 25.2 Å².